The Morgan fingerprint density at radius 3 is 1.02 bits per heavy atom. The molecule has 0 radical (unpaired) electrons. The van der Waals surface area contributed by atoms with E-state index in [1.165, 1.54) is 11.1 Å². The highest BCUT2D eigenvalue weighted by Gasteiger charge is 2.24. The highest BCUT2D eigenvalue weighted by Crippen LogP contribution is 2.45. The second-order valence-electron chi connectivity index (χ2n) is 12.5. The quantitative estimate of drug-likeness (QED) is 0.142. The van der Waals surface area contributed by atoms with Crippen LogP contribution in [-0.2, 0) is 6.42 Å². The topological polar surface area (TPSA) is 149 Å². The van der Waals surface area contributed by atoms with Crippen LogP contribution in [0.1, 0.15) is 22.3 Å². The number of benzene rings is 6. The van der Waals surface area contributed by atoms with Gasteiger partial charge in [0, 0.05) is 34.1 Å². The first-order chi connectivity index (χ1) is 27.0. The summed E-state index contributed by atoms with van der Waals surface area (Å²) in [6.45, 7) is 0. The second-order valence-corrected chi connectivity index (χ2v) is 12.5. The Kier molecular flexibility index (Phi) is 9.67. The molecule has 7 rings (SSSR count). The summed E-state index contributed by atoms with van der Waals surface area (Å²) in [5.74, 6) is 0. The van der Waals surface area contributed by atoms with Gasteiger partial charge in [0.25, 0.3) is 0 Å². The predicted molar refractivity (Wildman–Crippen MR) is 212 cm³/mol. The molecule has 8 heteroatoms. The van der Waals surface area contributed by atoms with Gasteiger partial charge in [-0.15, -0.1) is 0 Å². The molecule has 8 nitrogen and oxygen atoms in total. The molecule has 0 atom stereocenters. The summed E-state index contributed by atoms with van der Waals surface area (Å²) in [6, 6.07) is 58.6. The van der Waals surface area contributed by atoms with Gasteiger partial charge in [0.1, 0.15) is 47.6 Å². The van der Waals surface area contributed by atoms with E-state index in [4.69, 9.17) is 0 Å². The van der Waals surface area contributed by atoms with Crippen molar-refractivity contribution in [3.8, 4) is 47.5 Å². The first-order valence-corrected chi connectivity index (χ1v) is 17.1. The van der Waals surface area contributed by atoms with Gasteiger partial charge >= 0.3 is 0 Å². The molecule has 0 unspecified atom stereocenters. The van der Waals surface area contributed by atoms with Crippen molar-refractivity contribution in [3.63, 3.8) is 0 Å². The van der Waals surface area contributed by atoms with Gasteiger partial charge in [-0.25, -0.2) is 0 Å². The first kappa shape index (κ1) is 34.8. The van der Waals surface area contributed by atoms with E-state index in [0.29, 0.717) is 17.5 Å². The van der Waals surface area contributed by atoms with Gasteiger partial charge in [-0.1, -0.05) is 72.8 Å². The van der Waals surface area contributed by atoms with E-state index in [2.05, 4.69) is 46.2 Å². The predicted octanol–water partition coefficient (Wildman–Crippen LogP) is 10.8. The van der Waals surface area contributed by atoms with Crippen molar-refractivity contribution in [2.45, 2.75) is 6.42 Å². The van der Waals surface area contributed by atoms with Crippen LogP contribution in [0.3, 0.4) is 0 Å². The zero-order valence-electron chi connectivity index (χ0n) is 29.1. The number of nitriles is 6. The van der Waals surface area contributed by atoms with Gasteiger partial charge in [-0.05, 0) is 113 Å². The summed E-state index contributed by atoms with van der Waals surface area (Å²) in [5, 5.41) is 56.8. The molecular weight excluding hydrogens is 677 g/mol. The number of anilines is 6. The molecule has 0 bridgehead atoms. The Morgan fingerprint density at radius 1 is 0.364 bits per heavy atom. The van der Waals surface area contributed by atoms with Crippen LogP contribution in [0.5, 0.6) is 0 Å². The molecule has 1 aliphatic rings. The Bertz CT molecular complexity index is 2550. The molecule has 0 amide bonds. The van der Waals surface area contributed by atoms with Gasteiger partial charge in [0.05, 0.1) is 11.1 Å². The minimum Gasteiger partial charge on any atom is -0.310 e. The highest BCUT2D eigenvalue weighted by molar-refractivity contribution is 5.89. The van der Waals surface area contributed by atoms with Crippen LogP contribution in [0.15, 0.2) is 157 Å². The lowest BCUT2D eigenvalue weighted by atomic mass is 10.0. The third-order valence-corrected chi connectivity index (χ3v) is 9.39. The molecule has 0 saturated heterocycles. The van der Waals surface area contributed by atoms with Gasteiger partial charge in [-0.3, -0.25) is 0 Å². The Balaban J connectivity index is 1.24. The fourth-order valence-electron chi connectivity index (χ4n) is 6.87. The lowest BCUT2D eigenvalue weighted by Gasteiger charge is -2.26. The maximum Gasteiger partial charge on any atom is 0.148 e. The van der Waals surface area contributed by atoms with Crippen LogP contribution < -0.4 is 9.80 Å². The number of hydrogen-bond donors (Lipinski definition) is 0. The number of fused-ring (bicyclic) bond motifs is 3. The van der Waals surface area contributed by atoms with Gasteiger partial charge < -0.3 is 9.80 Å². The molecular formula is C47H26N8. The summed E-state index contributed by atoms with van der Waals surface area (Å²) in [4.78, 5) is 4.27. The molecule has 0 spiro atoms. The molecule has 1 aliphatic carbocycles. The van der Waals surface area contributed by atoms with Crippen molar-refractivity contribution in [1.82, 2.24) is 0 Å². The van der Waals surface area contributed by atoms with Crippen LogP contribution in [0.2, 0.25) is 0 Å². The SMILES string of the molecule is N#CC(C#N)=C(C#N)c1ccc(N(c2ccccc2)c2ccc3c(c2)Cc2cc(N(c4ccccc4)c4ccc(C(C#N)=C(C#N)C#N)cc4)ccc2-3)cc1. The van der Waals surface area contributed by atoms with Crippen LogP contribution in [0, 0.1) is 68.0 Å². The molecule has 0 aromatic heterocycles. The summed E-state index contributed by atoms with van der Waals surface area (Å²) >= 11 is 0. The van der Waals surface area contributed by atoms with Gasteiger partial charge in [-0.2, -0.15) is 31.6 Å². The number of rotatable bonds is 8. The zero-order valence-corrected chi connectivity index (χ0v) is 29.1. The van der Waals surface area contributed by atoms with Crippen molar-refractivity contribution in [1.29, 1.82) is 31.6 Å². The van der Waals surface area contributed by atoms with E-state index in [1.54, 1.807) is 24.3 Å². The van der Waals surface area contributed by atoms with Gasteiger partial charge in [0.15, 0.2) is 0 Å². The van der Waals surface area contributed by atoms with Crippen LogP contribution in [0.4, 0.5) is 34.1 Å². The van der Waals surface area contributed by atoms with Gasteiger partial charge in [0.2, 0.25) is 0 Å². The van der Waals surface area contributed by atoms with E-state index in [9.17, 15) is 31.6 Å². The molecule has 254 valence electrons. The second kappa shape index (κ2) is 15.3. The Hall–Kier alpha value is -8.66. The first-order valence-electron chi connectivity index (χ1n) is 17.1. The van der Waals surface area contributed by atoms with E-state index >= 15 is 0 Å². The standard InChI is InChI=1S/C47H26N8/c48-26-36(27-49)46(30-52)32-11-15-40(16-12-32)54(38-7-3-1-4-8-38)42-19-21-44-34(24-42)23-35-25-43(20-22-45(35)44)55(39-9-5-2-6-10-39)41-17-13-33(14-18-41)47(31-53)37(28-50)29-51/h1-22,24-25H,23H2. The Labute approximate surface area is 318 Å². The highest BCUT2D eigenvalue weighted by atomic mass is 15.1. The average molecular weight is 703 g/mol. The van der Waals surface area contributed by atoms with E-state index in [-0.39, 0.29) is 22.3 Å². The monoisotopic (exact) mass is 702 g/mol. The fraction of sp³-hybridized carbons (Fsp3) is 0.0213. The smallest absolute Gasteiger partial charge is 0.148 e. The zero-order chi connectivity index (χ0) is 38.3. The van der Waals surface area contributed by atoms with Crippen LogP contribution >= 0.6 is 0 Å². The largest absolute Gasteiger partial charge is 0.310 e. The minimum absolute atomic E-state index is 0.0374. The molecule has 0 heterocycles. The van der Waals surface area contributed by atoms with E-state index in [0.717, 1.165) is 45.3 Å². The normalized spacial score (nSPS) is 10.4. The van der Waals surface area contributed by atoms with Crippen molar-refractivity contribution in [2.24, 2.45) is 0 Å². The third-order valence-electron chi connectivity index (χ3n) is 9.39. The molecule has 6 aromatic carbocycles. The molecule has 0 fully saturated rings. The minimum atomic E-state index is -0.227. The Morgan fingerprint density at radius 2 is 0.691 bits per heavy atom. The molecule has 0 N–H and O–H groups in total. The number of hydrogen-bond acceptors (Lipinski definition) is 8. The molecule has 55 heavy (non-hydrogen) atoms. The maximum absolute atomic E-state index is 9.69. The van der Waals surface area contributed by atoms with Crippen molar-refractivity contribution in [3.05, 3.63) is 179 Å². The number of allylic oxidation sites excluding steroid dienone is 4. The van der Waals surface area contributed by atoms with E-state index in [1.807, 2.05) is 121 Å². The summed E-state index contributed by atoms with van der Waals surface area (Å²) in [7, 11) is 0. The molecule has 0 aliphatic heterocycles. The average Bonchev–Trinajstić information content (AvgIpc) is 3.61. The molecule has 0 saturated carbocycles. The third kappa shape index (κ3) is 6.63. The fourth-order valence-corrected chi connectivity index (χ4v) is 6.87. The maximum atomic E-state index is 9.69. The molecule has 6 aromatic rings. The summed E-state index contributed by atoms with van der Waals surface area (Å²) in [6.07, 6.45) is 0.707. The van der Waals surface area contributed by atoms with E-state index < -0.39 is 0 Å². The number of nitrogens with zero attached hydrogens (tertiary/aromatic N) is 8. The van der Waals surface area contributed by atoms with Crippen molar-refractivity contribution in [2.75, 3.05) is 9.80 Å². The lowest BCUT2D eigenvalue weighted by Crippen LogP contribution is -2.10. The van der Waals surface area contributed by atoms with Crippen molar-refractivity contribution < 1.29 is 0 Å². The van der Waals surface area contributed by atoms with Crippen molar-refractivity contribution >= 4 is 45.3 Å². The number of para-hydroxylation sites is 2. The van der Waals surface area contributed by atoms with Crippen LogP contribution in [0.25, 0.3) is 22.3 Å². The summed E-state index contributed by atoms with van der Waals surface area (Å²) < 4.78 is 0. The van der Waals surface area contributed by atoms with Crippen LogP contribution in [-0.4, -0.2) is 0 Å². The summed E-state index contributed by atoms with van der Waals surface area (Å²) in [5.41, 5.74) is 10.7. The lowest BCUT2D eigenvalue weighted by molar-refractivity contribution is 1.22.